The first-order valence-electron chi connectivity index (χ1n) is 8.14. The maximum absolute atomic E-state index is 12.0. The van der Waals surface area contributed by atoms with Crippen LogP contribution in [0.15, 0.2) is 68.6 Å². The molecule has 8 nitrogen and oxygen atoms in total. The topological polar surface area (TPSA) is 129 Å². The molecule has 3 aromatic rings. The molecule has 1 heterocycles. The quantitative estimate of drug-likeness (QED) is 0.381. The lowest BCUT2D eigenvalue weighted by atomic mass is 10.0. The van der Waals surface area contributed by atoms with Crippen LogP contribution in [-0.2, 0) is 0 Å². The van der Waals surface area contributed by atoms with Crippen LogP contribution in [0.3, 0.4) is 0 Å². The van der Waals surface area contributed by atoms with Gasteiger partial charge in [-0.3, -0.25) is 4.79 Å². The van der Waals surface area contributed by atoms with Gasteiger partial charge >= 0.3 is 11.9 Å². The molecule has 0 aliphatic heterocycles. The molecule has 1 amide bonds. The Morgan fingerprint density at radius 3 is 2.10 bits per heavy atom. The molecule has 3 rings (SSSR count). The smallest absolute Gasteiger partial charge is 0.335 e. The Kier molecular flexibility index (Phi) is 5.89. The van der Waals surface area contributed by atoms with Gasteiger partial charge in [0.15, 0.2) is 0 Å². The third kappa shape index (κ3) is 4.96. The van der Waals surface area contributed by atoms with Crippen molar-refractivity contribution in [1.29, 1.82) is 0 Å². The molecule has 0 fully saturated rings. The minimum Gasteiger partial charge on any atom is -0.478 e. The summed E-state index contributed by atoms with van der Waals surface area (Å²) in [7, 11) is 0. The lowest BCUT2D eigenvalue weighted by Gasteiger charge is -2.03. The fourth-order valence-corrected chi connectivity index (χ4v) is 2.68. The SMILES string of the molecule is O=C(O)c1cc(C(=O)O)cc(-c2ccc(C=NNC(=O)c3ccc(Br)cc3)o2)c1. The predicted molar refractivity (Wildman–Crippen MR) is 107 cm³/mol. The number of hydrogen-bond donors (Lipinski definition) is 3. The van der Waals surface area contributed by atoms with E-state index in [0.717, 1.165) is 10.5 Å². The Bertz CT molecular complexity index is 1090. The fourth-order valence-electron chi connectivity index (χ4n) is 2.41. The normalized spacial score (nSPS) is 10.8. The van der Waals surface area contributed by atoms with E-state index in [4.69, 9.17) is 14.6 Å². The first-order chi connectivity index (χ1) is 13.8. The third-order valence-corrected chi connectivity index (χ3v) is 4.33. The molecule has 146 valence electrons. The molecule has 0 radical (unpaired) electrons. The minimum atomic E-state index is -1.25. The van der Waals surface area contributed by atoms with Crippen LogP contribution in [0.4, 0.5) is 0 Å². The average Bonchev–Trinajstić information content (AvgIpc) is 3.17. The van der Waals surface area contributed by atoms with Crippen LogP contribution >= 0.6 is 15.9 Å². The number of furan rings is 1. The number of benzene rings is 2. The minimum absolute atomic E-state index is 0.173. The van der Waals surface area contributed by atoms with Crippen molar-refractivity contribution in [2.45, 2.75) is 0 Å². The van der Waals surface area contributed by atoms with Crippen LogP contribution in [0.25, 0.3) is 11.3 Å². The highest BCUT2D eigenvalue weighted by Crippen LogP contribution is 2.24. The van der Waals surface area contributed by atoms with Crippen molar-refractivity contribution in [2.24, 2.45) is 5.10 Å². The lowest BCUT2D eigenvalue weighted by molar-refractivity contribution is 0.0696. The van der Waals surface area contributed by atoms with Gasteiger partial charge in [0.25, 0.3) is 5.91 Å². The van der Waals surface area contributed by atoms with Crippen LogP contribution in [-0.4, -0.2) is 34.3 Å². The Morgan fingerprint density at radius 1 is 0.897 bits per heavy atom. The first-order valence-corrected chi connectivity index (χ1v) is 8.93. The first kappa shape index (κ1) is 20.0. The van der Waals surface area contributed by atoms with E-state index in [1.165, 1.54) is 18.3 Å². The van der Waals surface area contributed by atoms with Crippen molar-refractivity contribution in [3.05, 3.63) is 81.5 Å². The zero-order chi connectivity index (χ0) is 21.0. The van der Waals surface area contributed by atoms with Crippen molar-refractivity contribution < 1.29 is 29.0 Å². The van der Waals surface area contributed by atoms with E-state index in [1.807, 2.05) is 0 Å². The maximum atomic E-state index is 12.0. The molecule has 9 heteroatoms. The number of aromatic carboxylic acids is 2. The molecule has 0 saturated heterocycles. The second kappa shape index (κ2) is 8.53. The van der Waals surface area contributed by atoms with E-state index in [0.29, 0.717) is 11.1 Å². The Hall–Kier alpha value is -3.72. The van der Waals surface area contributed by atoms with Crippen molar-refractivity contribution in [3.63, 3.8) is 0 Å². The highest BCUT2D eigenvalue weighted by molar-refractivity contribution is 9.10. The van der Waals surface area contributed by atoms with E-state index in [9.17, 15) is 14.4 Å². The summed E-state index contributed by atoms with van der Waals surface area (Å²) in [6.45, 7) is 0. The summed E-state index contributed by atoms with van der Waals surface area (Å²) in [6.07, 6.45) is 1.28. The summed E-state index contributed by atoms with van der Waals surface area (Å²) in [6, 6.07) is 13.5. The number of amides is 1. The van der Waals surface area contributed by atoms with Crippen molar-refractivity contribution >= 4 is 40.0 Å². The fraction of sp³-hybridized carbons (Fsp3) is 0. The average molecular weight is 457 g/mol. The molecule has 0 saturated carbocycles. The number of carboxylic acids is 2. The van der Waals surface area contributed by atoms with Crippen LogP contribution in [0.1, 0.15) is 36.8 Å². The number of hydrogen-bond acceptors (Lipinski definition) is 5. The van der Waals surface area contributed by atoms with Gasteiger partial charge in [-0.25, -0.2) is 15.0 Å². The largest absolute Gasteiger partial charge is 0.478 e. The van der Waals surface area contributed by atoms with E-state index >= 15 is 0 Å². The van der Waals surface area contributed by atoms with Gasteiger partial charge in [0.2, 0.25) is 0 Å². The van der Waals surface area contributed by atoms with E-state index in [2.05, 4.69) is 26.5 Å². The number of nitrogens with one attached hydrogen (secondary N) is 1. The number of carboxylic acid groups (broad SMARTS) is 2. The Balaban J connectivity index is 1.76. The molecule has 2 aromatic carbocycles. The van der Waals surface area contributed by atoms with E-state index < -0.39 is 17.8 Å². The zero-order valence-corrected chi connectivity index (χ0v) is 16.2. The number of nitrogens with zero attached hydrogens (tertiary/aromatic N) is 1. The Morgan fingerprint density at radius 2 is 1.52 bits per heavy atom. The van der Waals surface area contributed by atoms with E-state index in [-0.39, 0.29) is 22.6 Å². The highest BCUT2D eigenvalue weighted by atomic mass is 79.9. The molecule has 1 aromatic heterocycles. The number of carbonyl (C=O) groups is 3. The number of hydrazone groups is 1. The molecule has 0 bridgehead atoms. The number of carbonyl (C=O) groups excluding carboxylic acids is 1. The van der Waals surface area contributed by atoms with Crippen molar-refractivity contribution in [2.75, 3.05) is 0 Å². The molecule has 29 heavy (non-hydrogen) atoms. The number of rotatable bonds is 6. The third-order valence-electron chi connectivity index (χ3n) is 3.80. The summed E-state index contributed by atoms with van der Waals surface area (Å²) in [5.41, 5.74) is 2.74. The molecular formula is C20H13BrN2O6. The van der Waals surface area contributed by atoms with Gasteiger partial charge in [0, 0.05) is 15.6 Å². The Labute approximate surface area is 172 Å². The molecule has 0 aliphatic rings. The van der Waals surface area contributed by atoms with Crippen LogP contribution in [0, 0.1) is 0 Å². The molecule has 0 spiro atoms. The van der Waals surface area contributed by atoms with Gasteiger partial charge < -0.3 is 14.6 Å². The molecule has 0 unspecified atom stereocenters. The van der Waals surface area contributed by atoms with Crippen molar-refractivity contribution in [1.82, 2.24) is 5.43 Å². The van der Waals surface area contributed by atoms with Crippen LogP contribution in [0.2, 0.25) is 0 Å². The molecule has 0 atom stereocenters. The summed E-state index contributed by atoms with van der Waals surface area (Å²) in [4.78, 5) is 34.4. The number of halogens is 1. The van der Waals surface area contributed by atoms with Gasteiger partial charge in [-0.15, -0.1) is 0 Å². The van der Waals surface area contributed by atoms with Gasteiger partial charge in [-0.05, 0) is 54.6 Å². The lowest BCUT2D eigenvalue weighted by Crippen LogP contribution is -2.17. The standard InChI is InChI=1S/C20H13BrN2O6/c21-15-3-1-11(2-4-15)18(24)23-22-10-16-5-6-17(29-16)12-7-13(19(25)26)9-14(8-12)20(27)28/h1-10H,(H,23,24)(H,25,26)(H,27,28). The second-order valence-corrected chi connectivity index (χ2v) is 6.73. The van der Waals surface area contributed by atoms with Crippen LogP contribution in [0.5, 0.6) is 0 Å². The van der Waals surface area contributed by atoms with Gasteiger partial charge in [0.05, 0.1) is 17.3 Å². The predicted octanol–water partition coefficient (Wildman–Crippen LogP) is 3.87. The summed E-state index contributed by atoms with van der Waals surface area (Å²) >= 11 is 3.29. The summed E-state index contributed by atoms with van der Waals surface area (Å²) < 4.78 is 6.40. The van der Waals surface area contributed by atoms with E-state index in [1.54, 1.807) is 36.4 Å². The maximum Gasteiger partial charge on any atom is 0.335 e. The van der Waals surface area contributed by atoms with Crippen molar-refractivity contribution in [3.8, 4) is 11.3 Å². The molecule has 0 aliphatic carbocycles. The summed E-state index contributed by atoms with van der Waals surface area (Å²) in [5.74, 6) is -2.36. The van der Waals surface area contributed by atoms with Gasteiger partial charge in [-0.2, -0.15) is 5.10 Å². The molecule has 3 N–H and O–H groups in total. The zero-order valence-electron chi connectivity index (χ0n) is 14.6. The van der Waals surface area contributed by atoms with Crippen LogP contribution < -0.4 is 5.43 Å². The summed E-state index contributed by atoms with van der Waals surface area (Å²) in [5, 5.41) is 22.1. The highest BCUT2D eigenvalue weighted by Gasteiger charge is 2.14. The second-order valence-electron chi connectivity index (χ2n) is 5.82. The monoisotopic (exact) mass is 456 g/mol. The van der Waals surface area contributed by atoms with Gasteiger partial charge in [-0.1, -0.05) is 15.9 Å². The molecular weight excluding hydrogens is 444 g/mol. The van der Waals surface area contributed by atoms with Gasteiger partial charge in [0.1, 0.15) is 11.5 Å².